The summed E-state index contributed by atoms with van der Waals surface area (Å²) in [7, 11) is 0. The van der Waals surface area contributed by atoms with E-state index in [4.69, 9.17) is 8.83 Å². The Labute approximate surface area is 220 Å². The molecule has 0 N–H and O–H groups in total. The highest BCUT2D eigenvalue weighted by Gasteiger charge is 2.13. The third-order valence-electron chi connectivity index (χ3n) is 7.06. The van der Waals surface area contributed by atoms with Crippen LogP contribution in [0.2, 0.25) is 0 Å². The zero-order chi connectivity index (χ0) is 25.3. The summed E-state index contributed by atoms with van der Waals surface area (Å²) in [6, 6.07) is 33.3. The Morgan fingerprint density at radius 1 is 0.316 bits per heavy atom. The third kappa shape index (κ3) is 4.52. The molecule has 12 bridgehead atoms. The molecule has 10 aliphatic rings. The molecular weight excluding hydrogens is 472 g/mol. The number of hydrogen-bond acceptors (Lipinski definition) is 6. The van der Waals surface area contributed by atoms with Crippen LogP contribution in [-0.2, 0) is 25.7 Å². The van der Waals surface area contributed by atoms with Crippen molar-refractivity contribution in [3.63, 3.8) is 0 Å². The molecule has 2 aromatic heterocycles. The summed E-state index contributed by atoms with van der Waals surface area (Å²) in [5, 5.41) is 17.1. The molecule has 16 rings (SSSR count). The number of aromatic nitrogens is 4. The van der Waals surface area contributed by atoms with Gasteiger partial charge in [-0.2, -0.15) is 0 Å². The lowest BCUT2D eigenvalue weighted by Gasteiger charge is -2.05. The van der Waals surface area contributed by atoms with Gasteiger partial charge in [-0.15, -0.1) is 20.4 Å². The minimum atomic E-state index is 0.528. The predicted octanol–water partition coefficient (Wildman–Crippen LogP) is 7.00. The van der Waals surface area contributed by atoms with Crippen molar-refractivity contribution < 1.29 is 8.83 Å². The Morgan fingerprint density at radius 3 is 0.737 bits per heavy atom. The van der Waals surface area contributed by atoms with Crippen molar-refractivity contribution in [3.05, 3.63) is 119 Å². The van der Waals surface area contributed by atoms with E-state index in [1.807, 2.05) is 48.5 Å². The monoisotopic (exact) mass is 496 g/mol. The second kappa shape index (κ2) is 9.56. The van der Waals surface area contributed by atoms with Crippen molar-refractivity contribution in [3.8, 4) is 45.8 Å². The Kier molecular flexibility index (Phi) is 5.62. The highest BCUT2D eigenvalue weighted by atomic mass is 16.4. The predicted molar refractivity (Wildman–Crippen MR) is 145 cm³/mol. The van der Waals surface area contributed by atoms with Gasteiger partial charge in [0.05, 0.1) is 0 Å². The zero-order valence-corrected chi connectivity index (χ0v) is 20.7. The van der Waals surface area contributed by atoms with Crippen molar-refractivity contribution in [1.29, 1.82) is 0 Å². The SMILES string of the molecule is c1cc2ccc1CCc1ccc(cc1)-c1nnc(o1)-c1ccc(cc1)CCc1ccc(cc1)-c1nnc-2o1. The Hall–Kier alpha value is -4.84. The summed E-state index contributed by atoms with van der Waals surface area (Å²) < 4.78 is 12.0. The van der Waals surface area contributed by atoms with Crippen molar-refractivity contribution in [2.45, 2.75) is 25.7 Å². The van der Waals surface area contributed by atoms with E-state index in [0.717, 1.165) is 47.9 Å². The maximum Gasteiger partial charge on any atom is 0.248 e. The quantitative estimate of drug-likeness (QED) is 0.225. The molecule has 6 aromatic rings. The molecular formula is C32H24N4O2. The first kappa shape index (κ1) is 22.4. The van der Waals surface area contributed by atoms with E-state index in [9.17, 15) is 0 Å². The molecule has 6 heteroatoms. The third-order valence-corrected chi connectivity index (χ3v) is 7.06. The lowest BCUT2D eigenvalue weighted by Crippen LogP contribution is -1.92. The summed E-state index contributed by atoms with van der Waals surface area (Å²) >= 11 is 0. The molecule has 0 radical (unpaired) electrons. The van der Waals surface area contributed by atoms with Crippen LogP contribution in [0.3, 0.4) is 0 Å². The number of nitrogens with zero attached hydrogens (tertiary/aromatic N) is 4. The minimum Gasteiger partial charge on any atom is -0.416 e. The van der Waals surface area contributed by atoms with Crippen LogP contribution in [0.15, 0.2) is 106 Å². The summed E-state index contributed by atoms with van der Waals surface area (Å²) in [6.07, 6.45) is 3.73. The van der Waals surface area contributed by atoms with E-state index >= 15 is 0 Å². The minimum absolute atomic E-state index is 0.528. The topological polar surface area (TPSA) is 77.8 Å². The molecule has 0 aliphatic carbocycles. The normalized spacial score (nSPS) is 12.8. The molecule has 0 amide bonds. The standard InChI is InChI=1S/C32H24N4O2/c1-2-22-7-15-26(16-8-22)30-34-36-32(38-30)28-19-11-24(12-20-28)4-3-23-9-17-27(18-10-23)31-35-33-29(37-31)25-13-5-21(1)6-14-25/h5-20H,1-4H2. The molecule has 0 fully saturated rings. The van der Waals surface area contributed by atoms with Crippen LogP contribution in [0.25, 0.3) is 45.8 Å². The van der Waals surface area contributed by atoms with Gasteiger partial charge in [-0.05, 0) is 96.5 Å². The molecule has 4 aromatic carbocycles. The fourth-order valence-corrected chi connectivity index (χ4v) is 4.75. The van der Waals surface area contributed by atoms with E-state index in [1.165, 1.54) is 22.3 Å². The molecule has 184 valence electrons. The molecule has 0 spiro atoms. The molecule has 0 unspecified atom stereocenters. The van der Waals surface area contributed by atoms with E-state index in [0.29, 0.717) is 23.6 Å². The van der Waals surface area contributed by atoms with Crippen molar-refractivity contribution in [1.82, 2.24) is 20.4 Å². The molecule has 6 nitrogen and oxygen atoms in total. The number of rotatable bonds is 0. The highest BCUT2D eigenvalue weighted by Crippen LogP contribution is 2.27. The van der Waals surface area contributed by atoms with Gasteiger partial charge in [-0.1, -0.05) is 48.5 Å². The fourth-order valence-electron chi connectivity index (χ4n) is 4.75. The van der Waals surface area contributed by atoms with Gasteiger partial charge in [0.15, 0.2) is 0 Å². The van der Waals surface area contributed by atoms with E-state index in [-0.39, 0.29) is 0 Å². The second-order valence-corrected chi connectivity index (χ2v) is 9.61. The maximum atomic E-state index is 6.00. The number of aryl methyl sites for hydroxylation is 4. The van der Waals surface area contributed by atoms with E-state index in [2.05, 4.69) is 68.9 Å². The van der Waals surface area contributed by atoms with Gasteiger partial charge in [-0.25, -0.2) is 0 Å². The molecule has 10 aliphatic heterocycles. The van der Waals surface area contributed by atoms with E-state index in [1.54, 1.807) is 0 Å². The maximum absolute atomic E-state index is 6.00. The molecule has 0 saturated heterocycles. The Balaban J connectivity index is 1.21. The Morgan fingerprint density at radius 2 is 0.526 bits per heavy atom. The van der Waals surface area contributed by atoms with Gasteiger partial charge >= 0.3 is 0 Å². The second-order valence-electron chi connectivity index (χ2n) is 9.61. The average molecular weight is 497 g/mol. The van der Waals surface area contributed by atoms with Crippen LogP contribution >= 0.6 is 0 Å². The Bertz CT molecular complexity index is 1430. The lowest BCUT2D eigenvalue weighted by atomic mass is 10.0. The van der Waals surface area contributed by atoms with Crippen LogP contribution in [0.1, 0.15) is 22.3 Å². The van der Waals surface area contributed by atoms with Crippen LogP contribution in [-0.4, -0.2) is 20.4 Å². The summed E-state index contributed by atoms with van der Waals surface area (Å²) in [5.74, 6) is 2.11. The van der Waals surface area contributed by atoms with Gasteiger partial charge in [0.25, 0.3) is 0 Å². The zero-order valence-electron chi connectivity index (χ0n) is 20.7. The van der Waals surface area contributed by atoms with E-state index < -0.39 is 0 Å². The van der Waals surface area contributed by atoms with Gasteiger partial charge < -0.3 is 8.83 Å². The van der Waals surface area contributed by atoms with Crippen molar-refractivity contribution in [2.75, 3.05) is 0 Å². The van der Waals surface area contributed by atoms with Crippen LogP contribution in [0, 0.1) is 0 Å². The highest BCUT2D eigenvalue weighted by molar-refractivity contribution is 5.60. The summed E-state index contributed by atoms with van der Waals surface area (Å²) in [6.45, 7) is 0. The molecule has 0 atom stereocenters. The smallest absolute Gasteiger partial charge is 0.248 e. The summed E-state index contributed by atoms with van der Waals surface area (Å²) in [5.41, 5.74) is 8.67. The fraction of sp³-hybridized carbons (Fsp3) is 0.125. The molecule has 12 heterocycles. The first-order valence-corrected chi connectivity index (χ1v) is 12.8. The number of benzene rings is 4. The van der Waals surface area contributed by atoms with Crippen molar-refractivity contribution >= 4 is 0 Å². The van der Waals surface area contributed by atoms with Crippen molar-refractivity contribution in [2.24, 2.45) is 0 Å². The number of hydrogen-bond donors (Lipinski definition) is 0. The first-order chi connectivity index (χ1) is 18.8. The van der Waals surface area contributed by atoms with Crippen LogP contribution in [0.4, 0.5) is 0 Å². The van der Waals surface area contributed by atoms with Gasteiger partial charge in [0.1, 0.15) is 0 Å². The van der Waals surface area contributed by atoms with Crippen LogP contribution < -0.4 is 0 Å². The largest absolute Gasteiger partial charge is 0.416 e. The first-order valence-electron chi connectivity index (χ1n) is 12.8. The van der Waals surface area contributed by atoms with Gasteiger partial charge in [0.2, 0.25) is 23.6 Å². The molecule has 38 heavy (non-hydrogen) atoms. The van der Waals surface area contributed by atoms with Gasteiger partial charge in [-0.3, -0.25) is 0 Å². The molecule has 0 saturated carbocycles. The van der Waals surface area contributed by atoms with Gasteiger partial charge in [0, 0.05) is 22.3 Å². The average Bonchev–Trinajstić information content (AvgIpc) is 3.67. The van der Waals surface area contributed by atoms with Crippen LogP contribution in [0.5, 0.6) is 0 Å². The summed E-state index contributed by atoms with van der Waals surface area (Å²) in [4.78, 5) is 0. The lowest BCUT2D eigenvalue weighted by molar-refractivity contribution is 0.584.